The largest absolute Gasteiger partial charge is 1.00 e. The summed E-state index contributed by atoms with van der Waals surface area (Å²) in [7, 11) is 0. The van der Waals surface area contributed by atoms with E-state index < -0.39 is 0 Å². The summed E-state index contributed by atoms with van der Waals surface area (Å²) < 4.78 is 1.42. The first kappa shape index (κ1) is 43.7. The second kappa shape index (κ2) is 19.7. The molecule has 7 aromatic rings. The SMILES string of the molecule is CC(C)C1[C-]=CC(C(C)(C)C)=C1.Cc1ccc([C](=[Zr+2])c2ccc(C)cc2)cc1.[Cl-].[Cl-].c1ccc(-c2ccc3c(c2)[cH-]c2cc(-c4ccccc4)ccc23)cc1. The molecule has 0 radical (unpaired) electrons. The van der Waals surface area contributed by atoms with Crippen LogP contribution in [0.3, 0.4) is 0 Å². The van der Waals surface area contributed by atoms with Crippen molar-refractivity contribution in [3.63, 3.8) is 0 Å². The van der Waals surface area contributed by atoms with Crippen molar-refractivity contribution < 1.29 is 49.0 Å². The van der Waals surface area contributed by atoms with Crippen LogP contribution in [0, 0.1) is 37.2 Å². The summed E-state index contributed by atoms with van der Waals surface area (Å²) in [5, 5.41) is 5.27. The molecule has 0 bridgehead atoms. The molecule has 7 aromatic carbocycles. The van der Waals surface area contributed by atoms with Crippen LogP contribution < -0.4 is 24.8 Å². The Balaban J connectivity index is 0.000000195. The van der Waals surface area contributed by atoms with Crippen molar-refractivity contribution in [1.29, 1.82) is 0 Å². The summed E-state index contributed by atoms with van der Waals surface area (Å²) in [4.78, 5) is 0. The molecule has 1 unspecified atom stereocenters. The van der Waals surface area contributed by atoms with Gasteiger partial charge in [0.2, 0.25) is 0 Å². The molecular weight excluding hydrogens is 787 g/mol. The van der Waals surface area contributed by atoms with E-state index in [0.717, 1.165) is 0 Å². The summed E-state index contributed by atoms with van der Waals surface area (Å²) in [6.07, 6.45) is 7.90. The molecule has 55 heavy (non-hydrogen) atoms. The molecule has 0 heterocycles. The van der Waals surface area contributed by atoms with E-state index in [1.165, 1.54) is 99.1 Å². The van der Waals surface area contributed by atoms with Crippen LogP contribution in [0.5, 0.6) is 0 Å². The van der Waals surface area contributed by atoms with Crippen molar-refractivity contribution in [2.24, 2.45) is 17.3 Å². The molecule has 0 saturated heterocycles. The van der Waals surface area contributed by atoms with Gasteiger partial charge in [-0.1, -0.05) is 148 Å². The van der Waals surface area contributed by atoms with Crippen LogP contribution in [-0.4, -0.2) is 3.21 Å². The van der Waals surface area contributed by atoms with Gasteiger partial charge in [0.1, 0.15) is 0 Å². The fourth-order valence-electron chi connectivity index (χ4n) is 6.58. The third-order valence-corrected chi connectivity index (χ3v) is 11.4. The van der Waals surface area contributed by atoms with Gasteiger partial charge >= 0.3 is 112 Å². The average molecular weight is 837 g/mol. The van der Waals surface area contributed by atoms with Crippen molar-refractivity contribution in [1.82, 2.24) is 0 Å². The summed E-state index contributed by atoms with van der Waals surface area (Å²) in [5.74, 6) is 1.22. The Hall–Kier alpha value is -4.00. The predicted molar refractivity (Wildman–Crippen MR) is 227 cm³/mol. The predicted octanol–water partition coefficient (Wildman–Crippen LogP) is 8.08. The number of allylic oxidation sites excluding steroid dienone is 4. The first-order chi connectivity index (χ1) is 25.5. The quantitative estimate of drug-likeness (QED) is 0.154. The minimum absolute atomic E-state index is 0. The first-order valence-corrected chi connectivity index (χ1v) is 20.0. The van der Waals surface area contributed by atoms with Crippen molar-refractivity contribution in [2.45, 2.75) is 48.5 Å². The number of halogens is 2. The maximum Gasteiger partial charge on any atom is -0.0259 e. The zero-order chi connectivity index (χ0) is 37.5. The molecule has 1 aliphatic rings. The smallest absolute Gasteiger partial charge is 0.0259 e. The number of rotatable bonds is 5. The van der Waals surface area contributed by atoms with E-state index in [0.29, 0.717) is 11.8 Å². The van der Waals surface area contributed by atoms with Crippen molar-refractivity contribution in [3.8, 4) is 22.3 Å². The average Bonchev–Trinajstić information content (AvgIpc) is 3.82. The zero-order valence-corrected chi connectivity index (χ0v) is 37.0. The van der Waals surface area contributed by atoms with Crippen LogP contribution in [0.4, 0.5) is 0 Å². The van der Waals surface area contributed by atoms with Gasteiger partial charge in [0.15, 0.2) is 0 Å². The van der Waals surface area contributed by atoms with E-state index >= 15 is 0 Å². The van der Waals surface area contributed by atoms with E-state index in [-0.39, 0.29) is 30.2 Å². The molecule has 0 amide bonds. The number of aryl methyl sites for hydroxylation is 2. The Labute approximate surface area is 356 Å². The summed E-state index contributed by atoms with van der Waals surface area (Å²) >= 11 is 1.46. The molecule has 0 N–H and O–H groups in total. The van der Waals surface area contributed by atoms with Gasteiger partial charge < -0.3 is 24.8 Å². The molecule has 278 valence electrons. The van der Waals surface area contributed by atoms with E-state index in [2.05, 4.69) is 218 Å². The number of hydrogen-bond donors (Lipinski definition) is 0. The van der Waals surface area contributed by atoms with Crippen molar-refractivity contribution in [2.75, 3.05) is 0 Å². The van der Waals surface area contributed by atoms with Gasteiger partial charge in [-0.2, -0.15) is 11.6 Å². The van der Waals surface area contributed by atoms with Crippen LogP contribution in [0.1, 0.15) is 56.9 Å². The van der Waals surface area contributed by atoms with Crippen LogP contribution in [0.15, 0.2) is 169 Å². The fraction of sp³-hybridized carbons (Fsp3) is 0.192. The van der Waals surface area contributed by atoms with Crippen LogP contribution >= 0.6 is 0 Å². The monoisotopic (exact) mass is 834 g/mol. The molecule has 0 saturated carbocycles. The zero-order valence-electron chi connectivity index (χ0n) is 33.0. The molecule has 8 rings (SSSR count). The standard InChI is InChI=1S/C25H17.C15H14.C12H19.2ClH.Zr/c1-3-7-18(8-4-1)20-11-13-24-22(15-20)17-23-16-21(12-14-25(23)24)19-9-5-2-6-10-19;1-12-3-7-14(8-4-12)11-15-9-5-13(2)6-10-15;1-9(2)10-6-7-11(8-10)12(3,4)5;;;/h1-17H;3-10H,1-2H3;7-10H,1-5H3;2*1H;/q-1;;-1;;;+2/p-2. The molecule has 0 aliphatic heterocycles. The summed E-state index contributed by atoms with van der Waals surface area (Å²) in [6.45, 7) is 15.5. The molecule has 3 heteroatoms. The van der Waals surface area contributed by atoms with Crippen molar-refractivity contribution >= 4 is 24.8 Å². The van der Waals surface area contributed by atoms with Crippen LogP contribution in [0.25, 0.3) is 43.8 Å². The molecular formula is C52H50Cl2Zr-2. The van der Waals surface area contributed by atoms with Gasteiger partial charge in [-0.15, -0.1) is 39.7 Å². The first-order valence-electron chi connectivity index (χ1n) is 18.7. The Kier molecular flexibility index (Phi) is 15.7. The topological polar surface area (TPSA) is 0 Å². The second-order valence-corrected chi connectivity index (χ2v) is 16.8. The molecule has 0 nitrogen and oxygen atoms in total. The fourth-order valence-corrected chi connectivity index (χ4v) is 7.40. The van der Waals surface area contributed by atoms with Crippen LogP contribution in [-0.2, 0) is 24.2 Å². The maximum absolute atomic E-state index is 3.40. The van der Waals surface area contributed by atoms with E-state index in [1.807, 2.05) is 0 Å². The van der Waals surface area contributed by atoms with Gasteiger partial charge in [0.25, 0.3) is 0 Å². The molecule has 0 aromatic heterocycles. The minimum atomic E-state index is 0. The molecule has 1 aliphatic carbocycles. The number of benzene rings is 6. The number of hydrogen-bond acceptors (Lipinski definition) is 0. The normalized spacial score (nSPS) is 13.2. The Morgan fingerprint density at radius 2 is 1.00 bits per heavy atom. The number of fused-ring (bicyclic) bond motifs is 3. The third-order valence-electron chi connectivity index (χ3n) is 9.97. The Morgan fingerprint density at radius 1 is 0.582 bits per heavy atom. The van der Waals surface area contributed by atoms with Gasteiger partial charge in [0.05, 0.1) is 0 Å². The van der Waals surface area contributed by atoms with Crippen LogP contribution in [0.2, 0.25) is 0 Å². The van der Waals surface area contributed by atoms with Gasteiger partial charge in [-0.05, 0) is 11.1 Å². The maximum atomic E-state index is 3.40. The van der Waals surface area contributed by atoms with E-state index in [4.69, 9.17) is 0 Å². The van der Waals surface area contributed by atoms with E-state index in [9.17, 15) is 0 Å². The summed E-state index contributed by atoms with van der Waals surface area (Å²) in [5.41, 5.74) is 12.1. The van der Waals surface area contributed by atoms with Gasteiger partial charge in [0, 0.05) is 0 Å². The van der Waals surface area contributed by atoms with Crippen molar-refractivity contribution in [3.05, 3.63) is 198 Å². The minimum Gasteiger partial charge on any atom is -1.00 e. The molecule has 0 spiro atoms. The van der Waals surface area contributed by atoms with E-state index in [1.54, 1.807) is 0 Å². The Morgan fingerprint density at radius 3 is 1.35 bits per heavy atom. The second-order valence-electron chi connectivity index (χ2n) is 15.5. The Bertz CT molecular complexity index is 2210. The van der Waals surface area contributed by atoms with Gasteiger partial charge in [-0.25, -0.2) is 6.08 Å². The molecule has 0 fully saturated rings. The molecule has 1 atom stereocenters. The van der Waals surface area contributed by atoms with Gasteiger partial charge in [-0.3, -0.25) is 6.08 Å². The third kappa shape index (κ3) is 11.3. The summed E-state index contributed by atoms with van der Waals surface area (Å²) in [6, 6.07) is 54.5.